The van der Waals surface area contributed by atoms with Gasteiger partial charge in [-0.05, 0) is 60.6 Å². The molecule has 1 N–H and O–H groups in total. The van der Waals surface area contributed by atoms with E-state index in [-0.39, 0.29) is 5.91 Å². The summed E-state index contributed by atoms with van der Waals surface area (Å²) >= 11 is 0. The maximum Gasteiger partial charge on any atom is 0.222 e. The van der Waals surface area contributed by atoms with E-state index in [1.54, 1.807) is 28.4 Å². The van der Waals surface area contributed by atoms with E-state index in [1.165, 1.54) is 10.9 Å². The van der Waals surface area contributed by atoms with Gasteiger partial charge in [0.05, 0.1) is 28.4 Å². The minimum absolute atomic E-state index is 0.172. The molecule has 1 aromatic heterocycles. The number of methoxy groups -OCH3 is 4. The number of hydrogen-bond donors (Lipinski definition) is 1. The molecule has 1 saturated heterocycles. The van der Waals surface area contributed by atoms with Gasteiger partial charge < -0.3 is 28.8 Å². The third-order valence-electron chi connectivity index (χ3n) is 6.60. The second kappa shape index (κ2) is 10.1. The smallest absolute Gasteiger partial charge is 0.222 e. The van der Waals surface area contributed by atoms with Crippen molar-refractivity contribution in [3.05, 3.63) is 47.7 Å². The van der Waals surface area contributed by atoms with Gasteiger partial charge in [-0.3, -0.25) is 4.79 Å². The summed E-state index contributed by atoms with van der Waals surface area (Å²) in [6.45, 7) is 1.53. The minimum Gasteiger partial charge on any atom is -0.497 e. The number of aryl methyl sites for hydroxylation is 1. The van der Waals surface area contributed by atoms with Crippen LogP contribution in [-0.4, -0.2) is 57.3 Å². The highest BCUT2D eigenvalue weighted by molar-refractivity contribution is 5.85. The van der Waals surface area contributed by atoms with Crippen molar-refractivity contribution in [2.45, 2.75) is 31.6 Å². The van der Waals surface area contributed by atoms with E-state index >= 15 is 0 Å². The molecule has 0 saturated carbocycles. The van der Waals surface area contributed by atoms with Gasteiger partial charge in [0.2, 0.25) is 11.7 Å². The number of carbonyl (C=O) groups is 1. The van der Waals surface area contributed by atoms with Crippen molar-refractivity contribution >= 4 is 16.8 Å². The molecule has 33 heavy (non-hydrogen) atoms. The Hall–Kier alpha value is -3.35. The Morgan fingerprint density at radius 2 is 1.73 bits per heavy atom. The number of aromatic nitrogens is 1. The van der Waals surface area contributed by atoms with Crippen LogP contribution in [-0.2, 0) is 11.2 Å². The third-order valence-corrected chi connectivity index (χ3v) is 6.60. The number of hydrogen-bond acceptors (Lipinski definition) is 5. The lowest BCUT2D eigenvalue weighted by molar-refractivity contribution is -0.132. The second-order valence-electron chi connectivity index (χ2n) is 8.30. The van der Waals surface area contributed by atoms with Crippen LogP contribution in [0.1, 0.15) is 36.3 Å². The normalized spacial score (nSPS) is 14.4. The van der Waals surface area contributed by atoms with Crippen LogP contribution in [0.25, 0.3) is 10.9 Å². The van der Waals surface area contributed by atoms with Crippen LogP contribution in [0.15, 0.2) is 36.5 Å². The van der Waals surface area contributed by atoms with Crippen molar-refractivity contribution in [3.63, 3.8) is 0 Å². The van der Waals surface area contributed by atoms with Crippen LogP contribution in [0.4, 0.5) is 0 Å². The molecule has 2 heterocycles. The zero-order valence-electron chi connectivity index (χ0n) is 19.8. The summed E-state index contributed by atoms with van der Waals surface area (Å²) < 4.78 is 21.8. The molecule has 4 rings (SSSR count). The van der Waals surface area contributed by atoms with Crippen molar-refractivity contribution in [2.24, 2.45) is 0 Å². The van der Waals surface area contributed by atoms with Crippen LogP contribution in [0.5, 0.6) is 23.0 Å². The van der Waals surface area contributed by atoms with Gasteiger partial charge >= 0.3 is 0 Å². The molecule has 7 nitrogen and oxygen atoms in total. The van der Waals surface area contributed by atoms with E-state index in [2.05, 4.69) is 23.3 Å². The van der Waals surface area contributed by atoms with Crippen molar-refractivity contribution in [1.29, 1.82) is 0 Å². The lowest BCUT2D eigenvalue weighted by Gasteiger charge is -2.32. The van der Waals surface area contributed by atoms with Crippen molar-refractivity contribution in [1.82, 2.24) is 9.88 Å². The monoisotopic (exact) mass is 452 g/mol. The standard InChI is InChI=1S/C26H32N2O5/c1-30-19-7-8-22-20(15-19)21(16-27-22)17-11-13-28(14-12-17)24(29)10-6-18-5-9-23(31-2)26(33-4)25(18)32-3/h5,7-9,15-17,27H,6,10-14H2,1-4H3. The third kappa shape index (κ3) is 4.58. The molecule has 1 amide bonds. The number of nitrogens with one attached hydrogen (secondary N) is 1. The first-order valence-corrected chi connectivity index (χ1v) is 11.3. The average Bonchev–Trinajstić information content (AvgIpc) is 3.29. The van der Waals surface area contributed by atoms with Gasteiger partial charge in [-0.1, -0.05) is 6.07 Å². The molecule has 1 aliphatic rings. The number of nitrogens with zero attached hydrogens (tertiary/aromatic N) is 1. The Balaban J connectivity index is 1.38. The van der Waals surface area contributed by atoms with Crippen LogP contribution in [0, 0.1) is 0 Å². The summed E-state index contributed by atoms with van der Waals surface area (Å²) in [5, 5.41) is 1.21. The summed E-state index contributed by atoms with van der Waals surface area (Å²) in [6.07, 6.45) is 5.03. The topological polar surface area (TPSA) is 73.0 Å². The van der Waals surface area contributed by atoms with Crippen LogP contribution in [0.3, 0.4) is 0 Å². The Labute approximate surface area is 194 Å². The maximum absolute atomic E-state index is 12.9. The highest BCUT2D eigenvalue weighted by Gasteiger charge is 2.26. The molecule has 0 aliphatic carbocycles. The molecule has 3 aromatic rings. The molecule has 0 bridgehead atoms. The fourth-order valence-corrected chi connectivity index (χ4v) is 4.79. The van der Waals surface area contributed by atoms with E-state index in [4.69, 9.17) is 18.9 Å². The molecule has 0 atom stereocenters. The van der Waals surface area contributed by atoms with Gasteiger partial charge in [-0.2, -0.15) is 0 Å². The summed E-state index contributed by atoms with van der Waals surface area (Å²) in [7, 11) is 6.48. The average molecular weight is 453 g/mol. The zero-order chi connectivity index (χ0) is 23.4. The summed E-state index contributed by atoms with van der Waals surface area (Å²) in [4.78, 5) is 18.3. The van der Waals surface area contributed by atoms with Gasteiger partial charge in [0.25, 0.3) is 0 Å². The summed E-state index contributed by atoms with van der Waals surface area (Å²) in [5.41, 5.74) is 3.37. The van der Waals surface area contributed by atoms with Gasteiger partial charge in [-0.25, -0.2) is 0 Å². The van der Waals surface area contributed by atoms with Gasteiger partial charge in [-0.15, -0.1) is 0 Å². The lowest BCUT2D eigenvalue weighted by Crippen LogP contribution is -2.38. The van der Waals surface area contributed by atoms with Crippen molar-refractivity contribution < 1.29 is 23.7 Å². The number of piperidine rings is 1. The Kier molecular flexibility index (Phi) is 6.96. The van der Waals surface area contributed by atoms with E-state index in [1.807, 2.05) is 23.1 Å². The summed E-state index contributed by atoms with van der Waals surface area (Å²) in [6, 6.07) is 9.90. The molecular formula is C26H32N2O5. The number of amides is 1. The number of aromatic amines is 1. The Morgan fingerprint density at radius 1 is 0.970 bits per heavy atom. The largest absolute Gasteiger partial charge is 0.497 e. The van der Waals surface area contributed by atoms with E-state index in [0.29, 0.717) is 36.0 Å². The molecule has 1 fully saturated rings. The first-order chi connectivity index (χ1) is 16.1. The van der Waals surface area contributed by atoms with E-state index in [9.17, 15) is 4.79 Å². The number of ether oxygens (including phenoxy) is 4. The number of H-pyrrole nitrogens is 1. The minimum atomic E-state index is 0.172. The second-order valence-corrected chi connectivity index (χ2v) is 8.30. The Morgan fingerprint density at radius 3 is 2.39 bits per heavy atom. The van der Waals surface area contributed by atoms with E-state index < -0.39 is 0 Å². The molecule has 0 unspecified atom stereocenters. The fraction of sp³-hybridized carbons (Fsp3) is 0.423. The van der Waals surface area contributed by atoms with Gasteiger partial charge in [0, 0.05) is 36.6 Å². The predicted molar refractivity (Wildman–Crippen MR) is 128 cm³/mol. The lowest BCUT2D eigenvalue weighted by atomic mass is 9.89. The maximum atomic E-state index is 12.9. The quantitative estimate of drug-likeness (QED) is 0.543. The number of fused-ring (bicyclic) bond motifs is 1. The van der Waals surface area contributed by atoms with Crippen LogP contribution >= 0.6 is 0 Å². The molecule has 0 spiro atoms. The van der Waals surface area contributed by atoms with Crippen molar-refractivity contribution in [3.8, 4) is 23.0 Å². The fourth-order valence-electron chi connectivity index (χ4n) is 4.79. The first kappa shape index (κ1) is 22.8. The van der Waals surface area contributed by atoms with Crippen molar-refractivity contribution in [2.75, 3.05) is 41.5 Å². The molecule has 2 aromatic carbocycles. The molecule has 0 radical (unpaired) electrons. The molecular weight excluding hydrogens is 420 g/mol. The molecule has 1 aliphatic heterocycles. The molecule has 176 valence electrons. The summed E-state index contributed by atoms with van der Waals surface area (Å²) in [5.74, 6) is 3.26. The highest BCUT2D eigenvalue weighted by atomic mass is 16.5. The SMILES string of the molecule is COc1ccc2[nH]cc(C3CCN(C(=O)CCc4ccc(OC)c(OC)c4OC)CC3)c2c1. The number of rotatable bonds is 8. The number of carbonyl (C=O) groups excluding carboxylic acids is 1. The van der Waals surface area contributed by atoms with Gasteiger partial charge in [0.15, 0.2) is 11.5 Å². The van der Waals surface area contributed by atoms with Crippen LogP contribution < -0.4 is 18.9 Å². The van der Waals surface area contributed by atoms with Gasteiger partial charge in [0.1, 0.15) is 5.75 Å². The number of likely N-dealkylation sites (tertiary alicyclic amines) is 1. The first-order valence-electron chi connectivity index (χ1n) is 11.3. The number of benzene rings is 2. The zero-order valence-corrected chi connectivity index (χ0v) is 19.8. The molecule has 7 heteroatoms. The van der Waals surface area contributed by atoms with E-state index in [0.717, 1.165) is 42.8 Å². The Bertz CT molecular complexity index is 1120. The predicted octanol–water partition coefficient (Wildman–Crippen LogP) is 4.54. The van der Waals surface area contributed by atoms with Crippen LogP contribution in [0.2, 0.25) is 0 Å². The highest BCUT2D eigenvalue weighted by Crippen LogP contribution is 2.40.